The van der Waals surface area contributed by atoms with Gasteiger partial charge in [0.1, 0.15) is 0 Å². The highest BCUT2D eigenvalue weighted by Gasteiger charge is 1.79. The van der Waals surface area contributed by atoms with Gasteiger partial charge in [0.05, 0.1) is 0 Å². The zero-order valence-corrected chi connectivity index (χ0v) is 4.57. The Morgan fingerprint density at radius 2 is 1.44 bits per heavy atom. The highest BCUT2D eigenvalue weighted by Crippen LogP contribution is 1.59. The third-order valence-corrected chi connectivity index (χ3v) is 0.129. The summed E-state index contributed by atoms with van der Waals surface area (Å²) >= 11 is 0. The molecule has 0 unspecified atom stereocenters. The van der Waals surface area contributed by atoms with Gasteiger partial charge < -0.3 is 15.1 Å². The van der Waals surface area contributed by atoms with E-state index >= 15 is 0 Å². The molecule has 0 aliphatic heterocycles. The summed E-state index contributed by atoms with van der Waals surface area (Å²) in [6, 6.07) is 0. The number of carbonyl (C=O) groups excluding carboxylic acids is 1. The second-order valence-corrected chi connectivity index (χ2v) is 0.865. The first-order chi connectivity index (χ1) is 4.00. The van der Waals surface area contributed by atoms with Crippen LogP contribution in [0.4, 0.5) is 4.79 Å². The Labute approximate surface area is 50.2 Å². The van der Waals surface area contributed by atoms with E-state index in [1.165, 1.54) is 0 Å². The maximum atomic E-state index is 9.34. The molecule has 0 amide bonds. The van der Waals surface area contributed by atoms with Crippen LogP contribution in [0.5, 0.6) is 0 Å². The summed E-state index contributed by atoms with van der Waals surface area (Å²) in [7, 11) is 0. The summed E-state index contributed by atoms with van der Waals surface area (Å²) in [6.45, 7) is 1.11. The average Bonchev–Trinajstić information content (AvgIpc) is 1.65. The highest BCUT2D eigenvalue weighted by molar-refractivity contribution is 5.64. The maximum Gasteiger partial charge on any atom is 0.503 e. The Balaban J connectivity index is 0. The molecule has 0 aliphatic carbocycles. The summed E-state index contributed by atoms with van der Waals surface area (Å²) in [4.78, 5) is 21.0. The Morgan fingerprint density at radius 1 is 1.33 bits per heavy atom. The standard InChI is InChI=1S/C2H4O3.CH2O3/c1-2(3)5-4;2-1(3)4/h4H,1H3;(H2,2,3,4). The Kier molecular flexibility index (Phi) is 7.92. The predicted octanol–water partition coefficient (Wildman–Crippen LogP) is 0.245. The van der Waals surface area contributed by atoms with Crippen LogP contribution in [0.2, 0.25) is 0 Å². The third kappa shape index (κ3) is 302. The van der Waals surface area contributed by atoms with E-state index in [9.17, 15) is 4.79 Å². The van der Waals surface area contributed by atoms with Crippen LogP contribution in [0, 0.1) is 0 Å². The summed E-state index contributed by atoms with van der Waals surface area (Å²) in [6.07, 6.45) is -1.83. The van der Waals surface area contributed by atoms with Crippen molar-refractivity contribution in [2.24, 2.45) is 0 Å². The van der Waals surface area contributed by atoms with Crippen LogP contribution in [0.15, 0.2) is 0 Å². The normalized spacial score (nSPS) is 6.44. The van der Waals surface area contributed by atoms with Crippen molar-refractivity contribution in [3.05, 3.63) is 0 Å². The van der Waals surface area contributed by atoms with Crippen molar-refractivity contribution < 1.29 is 29.9 Å². The Morgan fingerprint density at radius 3 is 1.44 bits per heavy atom. The first kappa shape index (κ1) is 10.6. The van der Waals surface area contributed by atoms with Crippen LogP contribution >= 0.6 is 0 Å². The van der Waals surface area contributed by atoms with Gasteiger partial charge in [-0.15, -0.1) is 0 Å². The molecule has 0 spiro atoms. The molecule has 0 radical (unpaired) electrons. The summed E-state index contributed by atoms with van der Waals surface area (Å²) in [5, 5.41) is 21.2. The molecule has 3 N–H and O–H groups in total. The molecule has 6 nitrogen and oxygen atoms in total. The summed E-state index contributed by atoms with van der Waals surface area (Å²) in [5.74, 6) is -0.690. The molecule has 0 aromatic heterocycles. The van der Waals surface area contributed by atoms with Crippen LogP contribution in [0.25, 0.3) is 0 Å². The fourth-order valence-electron chi connectivity index (χ4n) is 0. The van der Waals surface area contributed by atoms with Crippen molar-refractivity contribution in [2.45, 2.75) is 6.92 Å². The zero-order chi connectivity index (χ0) is 7.86. The fourth-order valence-corrected chi connectivity index (χ4v) is 0. The zero-order valence-electron chi connectivity index (χ0n) is 4.57. The lowest BCUT2D eigenvalue weighted by Gasteiger charge is -1.76. The van der Waals surface area contributed by atoms with Gasteiger partial charge in [0.15, 0.2) is 0 Å². The molecular formula is C3H6O6. The van der Waals surface area contributed by atoms with E-state index in [0.29, 0.717) is 0 Å². The van der Waals surface area contributed by atoms with E-state index in [0.717, 1.165) is 6.92 Å². The van der Waals surface area contributed by atoms with Gasteiger partial charge in [0.2, 0.25) is 0 Å². The smallest absolute Gasteiger partial charge is 0.450 e. The summed E-state index contributed by atoms with van der Waals surface area (Å²) < 4.78 is 0. The van der Waals surface area contributed by atoms with E-state index < -0.39 is 12.1 Å². The van der Waals surface area contributed by atoms with E-state index in [-0.39, 0.29) is 0 Å². The van der Waals surface area contributed by atoms with Gasteiger partial charge in [-0.1, -0.05) is 0 Å². The lowest BCUT2D eigenvalue weighted by molar-refractivity contribution is -0.231. The van der Waals surface area contributed by atoms with Crippen LogP contribution < -0.4 is 0 Å². The molecule has 0 aromatic carbocycles. The quantitative estimate of drug-likeness (QED) is 0.327. The van der Waals surface area contributed by atoms with Crippen LogP contribution in [0.3, 0.4) is 0 Å². The van der Waals surface area contributed by atoms with Crippen molar-refractivity contribution in [1.82, 2.24) is 0 Å². The minimum atomic E-state index is -1.83. The number of carbonyl (C=O) groups is 2. The van der Waals surface area contributed by atoms with Crippen molar-refractivity contribution in [3.8, 4) is 0 Å². The third-order valence-electron chi connectivity index (χ3n) is 0.129. The summed E-state index contributed by atoms with van der Waals surface area (Å²) in [5.41, 5.74) is 0. The number of hydrogen-bond donors (Lipinski definition) is 3. The molecule has 0 aliphatic rings. The molecule has 0 bridgehead atoms. The SMILES string of the molecule is CC(=O)OO.O=C(O)O. The fraction of sp³-hybridized carbons (Fsp3) is 0.333. The molecule has 0 aromatic rings. The van der Waals surface area contributed by atoms with Gasteiger partial charge in [-0.3, -0.25) is 0 Å². The van der Waals surface area contributed by atoms with Gasteiger partial charge >= 0.3 is 12.1 Å². The van der Waals surface area contributed by atoms with E-state index in [4.69, 9.17) is 20.3 Å². The Bertz CT molecular complexity index is 92.5. The molecule has 9 heavy (non-hydrogen) atoms. The molecular weight excluding hydrogens is 132 g/mol. The van der Waals surface area contributed by atoms with Gasteiger partial charge in [-0.2, -0.15) is 5.26 Å². The van der Waals surface area contributed by atoms with Crippen molar-refractivity contribution in [3.63, 3.8) is 0 Å². The van der Waals surface area contributed by atoms with E-state index in [1.54, 1.807) is 0 Å². The van der Waals surface area contributed by atoms with E-state index in [1.807, 2.05) is 0 Å². The minimum absolute atomic E-state index is 0.690. The molecule has 0 atom stereocenters. The highest BCUT2D eigenvalue weighted by atomic mass is 17.1. The monoisotopic (exact) mass is 138 g/mol. The van der Waals surface area contributed by atoms with Crippen molar-refractivity contribution in [2.75, 3.05) is 0 Å². The second kappa shape index (κ2) is 6.70. The van der Waals surface area contributed by atoms with E-state index in [2.05, 4.69) is 4.89 Å². The first-order valence-electron chi connectivity index (χ1n) is 1.74. The van der Waals surface area contributed by atoms with Crippen LogP contribution in [-0.2, 0) is 9.68 Å². The van der Waals surface area contributed by atoms with Gasteiger partial charge in [0.25, 0.3) is 0 Å². The van der Waals surface area contributed by atoms with Crippen molar-refractivity contribution in [1.29, 1.82) is 0 Å². The average molecular weight is 138 g/mol. The van der Waals surface area contributed by atoms with Gasteiger partial charge in [-0.05, 0) is 0 Å². The maximum absolute atomic E-state index is 9.34. The molecule has 0 saturated carbocycles. The molecule has 0 heterocycles. The molecule has 0 rings (SSSR count). The number of rotatable bonds is 0. The first-order valence-corrected chi connectivity index (χ1v) is 1.74. The number of carboxylic acid groups (broad SMARTS) is 2. The Hall–Kier alpha value is -1.30. The van der Waals surface area contributed by atoms with Crippen LogP contribution in [-0.4, -0.2) is 27.6 Å². The predicted molar refractivity (Wildman–Crippen MR) is 25.0 cm³/mol. The second-order valence-electron chi connectivity index (χ2n) is 0.865. The van der Waals surface area contributed by atoms with Gasteiger partial charge in [0, 0.05) is 6.92 Å². The van der Waals surface area contributed by atoms with Crippen molar-refractivity contribution >= 4 is 12.1 Å². The number of hydrogen-bond acceptors (Lipinski definition) is 4. The topological polar surface area (TPSA) is 104 Å². The minimum Gasteiger partial charge on any atom is -0.450 e. The lowest BCUT2D eigenvalue weighted by atomic mass is 10.9. The molecule has 0 saturated heterocycles. The van der Waals surface area contributed by atoms with Crippen LogP contribution in [0.1, 0.15) is 6.92 Å². The lowest BCUT2D eigenvalue weighted by Crippen LogP contribution is -1.89. The largest absolute Gasteiger partial charge is 0.503 e. The molecule has 54 valence electrons. The molecule has 6 heteroatoms. The van der Waals surface area contributed by atoms with Gasteiger partial charge in [-0.25, -0.2) is 9.59 Å². The molecule has 0 fully saturated rings.